The lowest BCUT2D eigenvalue weighted by Crippen LogP contribution is -2.70. The molecule has 0 spiro atoms. The molecule has 1 saturated carbocycles. The minimum absolute atomic E-state index is 0.0266. The Kier molecular flexibility index (Phi) is 10.9. The van der Waals surface area contributed by atoms with Gasteiger partial charge in [0.1, 0.15) is 12.1 Å². The largest absolute Gasteiger partial charge is 0.461 e. The van der Waals surface area contributed by atoms with Gasteiger partial charge in [0.2, 0.25) is 23.5 Å². The molecule has 0 aromatic heterocycles. The van der Waals surface area contributed by atoms with Crippen molar-refractivity contribution in [2.45, 2.75) is 89.4 Å². The van der Waals surface area contributed by atoms with Gasteiger partial charge in [0.15, 0.2) is 0 Å². The molecule has 4 fully saturated rings. The van der Waals surface area contributed by atoms with Crippen LogP contribution in [0, 0.1) is 17.8 Å². The molecule has 44 heavy (non-hydrogen) atoms. The fourth-order valence-electron chi connectivity index (χ4n) is 6.53. The van der Waals surface area contributed by atoms with Gasteiger partial charge in [-0.3, -0.25) is 14.4 Å². The predicted molar refractivity (Wildman–Crippen MR) is 159 cm³/mol. The summed E-state index contributed by atoms with van der Waals surface area (Å²) in [5, 5.41) is 8.90. The van der Waals surface area contributed by atoms with E-state index in [1.165, 1.54) is 11.8 Å². The summed E-state index contributed by atoms with van der Waals surface area (Å²) in [5.74, 6) is -9.42. The first kappa shape index (κ1) is 33.6. The minimum Gasteiger partial charge on any atom is -0.461 e. The smallest absolute Gasteiger partial charge is 0.366 e. The van der Waals surface area contributed by atoms with Crippen molar-refractivity contribution in [3.63, 3.8) is 0 Å². The van der Waals surface area contributed by atoms with Crippen molar-refractivity contribution in [2.24, 2.45) is 17.8 Å². The number of hydrogen-bond donors (Lipinski definition) is 3. The third-order valence-corrected chi connectivity index (χ3v) is 8.71. The van der Waals surface area contributed by atoms with Gasteiger partial charge in [-0.15, -0.1) is 0 Å². The van der Waals surface area contributed by atoms with E-state index in [1.54, 1.807) is 24.3 Å². The highest BCUT2D eigenvalue weighted by Gasteiger charge is 2.61. The van der Waals surface area contributed by atoms with E-state index in [2.05, 4.69) is 16.0 Å². The summed E-state index contributed by atoms with van der Waals surface area (Å²) in [6, 6.07) is 2.33. The highest BCUT2D eigenvalue weighted by molar-refractivity contribution is 6.30. The third kappa shape index (κ3) is 7.86. The maximum absolute atomic E-state index is 15.3. The molecule has 3 N–H and O–H groups in total. The van der Waals surface area contributed by atoms with Crippen LogP contribution in [-0.4, -0.2) is 71.8 Å². The Bertz CT molecular complexity index is 1280. The molecule has 3 aliphatic heterocycles. The summed E-state index contributed by atoms with van der Waals surface area (Å²) in [7, 11) is 0. The molecule has 0 unspecified atom stereocenters. The van der Waals surface area contributed by atoms with E-state index < -0.39 is 72.0 Å². The number of piperidine rings is 2. The van der Waals surface area contributed by atoms with Gasteiger partial charge in [0.05, 0.1) is 18.6 Å². The second kappa shape index (κ2) is 14.2. The van der Waals surface area contributed by atoms with Gasteiger partial charge in [-0.05, 0) is 69.2 Å². The summed E-state index contributed by atoms with van der Waals surface area (Å²) in [4.78, 5) is 53.7. The number of rotatable bonds is 12. The van der Waals surface area contributed by atoms with Crippen LogP contribution in [0.2, 0.25) is 5.02 Å². The maximum atomic E-state index is 15.3. The molecule has 5 rings (SSSR count). The minimum atomic E-state index is -3.21. The third-order valence-electron chi connectivity index (χ3n) is 8.48. The SMILES string of the molecule is CCOC(=O)/C(F)=C\[C@@H](C[C@H]1CCNC1=O)NC(=O)[C@@H]1[C@@H]2CC[C@@H](CC2(F)F)N1C(=O)[C@H](CC(C)C)Nc1cccc(Cl)c1. The Labute approximate surface area is 260 Å². The molecule has 0 radical (unpaired) electrons. The first-order valence-electron chi connectivity index (χ1n) is 15.1. The van der Waals surface area contributed by atoms with Crippen LogP contribution in [0.25, 0.3) is 0 Å². The Morgan fingerprint density at radius 2 is 1.98 bits per heavy atom. The van der Waals surface area contributed by atoms with Crippen LogP contribution in [0.1, 0.15) is 59.3 Å². The number of esters is 1. The van der Waals surface area contributed by atoms with E-state index in [0.717, 1.165) is 6.08 Å². The maximum Gasteiger partial charge on any atom is 0.366 e. The molecule has 9 nitrogen and oxygen atoms in total. The van der Waals surface area contributed by atoms with E-state index in [9.17, 15) is 23.6 Å². The number of benzene rings is 1. The summed E-state index contributed by atoms with van der Waals surface area (Å²) in [6.07, 6.45) is 1.32. The first-order valence-corrected chi connectivity index (χ1v) is 15.5. The van der Waals surface area contributed by atoms with Gasteiger partial charge >= 0.3 is 5.97 Å². The number of anilines is 1. The summed E-state index contributed by atoms with van der Waals surface area (Å²) < 4.78 is 50.1. The number of halogens is 4. The van der Waals surface area contributed by atoms with Gasteiger partial charge in [-0.25, -0.2) is 13.6 Å². The molecule has 4 aliphatic rings. The van der Waals surface area contributed by atoms with Crippen LogP contribution in [0.3, 0.4) is 0 Å². The number of amides is 3. The lowest BCUT2D eigenvalue weighted by molar-refractivity contribution is -0.194. The molecular weight excluding hydrogens is 601 g/mol. The number of ether oxygens (including phenoxy) is 1. The van der Waals surface area contributed by atoms with Gasteiger partial charge in [-0.1, -0.05) is 31.5 Å². The zero-order valence-electron chi connectivity index (χ0n) is 25.1. The second-order valence-electron chi connectivity index (χ2n) is 12.2. The van der Waals surface area contributed by atoms with E-state index in [4.69, 9.17) is 16.3 Å². The molecule has 242 valence electrons. The van der Waals surface area contributed by atoms with E-state index in [1.807, 2.05) is 13.8 Å². The van der Waals surface area contributed by atoms with Crippen molar-refractivity contribution in [2.75, 3.05) is 18.5 Å². The highest BCUT2D eigenvalue weighted by atomic mass is 35.5. The standard InChI is InChI=1S/C31H40ClF3N4O5/c1-4-44-30(43)24(33)15-21(13-18-10-11-36-27(18)40)38-28(41)26-23-9-8-22(16-31(23,34)35)39(26)29(42)25(12-17(2)3)37-20-7-5-6-19(32)14-20/h5-7,14-15,17-18,21-23,25-26,37H,4,8-13,16H2,1-3H3,(H,36,40)(H,38,41)/b24-15+/t18-,21-,22+,23+,25+,26+/m1/s1. The van der Waals surface area contributed by atoms with E-state index in [0.29, 0.717) is 36.5 Å². The van der Waals surface area contributed by atoms with E-state index >= 15 is 8.78 Å². The lowest BCUT2D eigenvalue weighted by Gasteiger charge is -2.54. The molecule has 13 heteroatoms. The molecule has 3 heterocycles. The summed E-state index contributed by atoms with van der Waals surface area (Å²) in [6.45, 7) is 5.67. The van der Waals surface area contributed by atoms with Crippen molar-refractivity contribution < 1.29 is 37.1 Å². The van der Waals surface area contributed by atoms with Crippen molar-refractivity contribution in [3.05, 3.63) is 41.2 Å². The normalized spacial score (nSPS) is 25.8. The number of carbonyl (C=O) groups excluding carboxylic acids is 4. The van der Waals surface area contributed by atoms with Crippen LogP contribution >= 0.6 is 11.6 Å². The van der Waals surface area contributed by atoms with Gasteiger partial charge in [-0.2, -0.15) is 4.39 Å². The fourth-order valence-corrected chi connectivity index (χ4v) is 6.72. The van der Waals surface area contributed by atoms with Crippen LogP contribution in [0.4, 0.5) is 18.9 Å². The molecule has 6 atom stereocenters. The Hall–Kier alpha value is -3.28. The van der Waals surface area contributed by atoms with Crippen molar-refractivity contribution in [3.8, 4) is 0 Å². The number of nitrogens with one attached hydrogen (secondary N) is 3. The number of carbonyl (C=O) groups is 4. The van der Waals surface area contributed by atoms with Crippen molar-refractivity contribution in [1.82, 2.24) is 15.5 Å². The molecule has 3 amide bonds. The average Bonchev–Trinajstić information content (AvgIpc) is 3.35. The fraction of sp³-hybridized carbons (Fsp3) is 0.613. The number of hydrogen-bond acceptors (Lipinski definition) is 6. The van der Waals surface area contributed by atoms with Crippen LogP contribution in [0.15, 0.2) is 36.2 Å². The monoisotopic (exact) mass is 640 g/mol. The van der Waals surface area contributed by atoms with Crippen LogP contribution in [0.5, 0.6) is 0 Å². The Morgan fingerprint density at radius 1 is 1.23 bits per heavy atom. The highest BCUT2D eigenvalue weighted by Crippen LogP contribution is 2.49. The second-order valence-corrected chi connectivity index (χ2v) is 12.6. The lowest BCUT2D eigenvalue weighted by atomic mass is 9.71. The van der Waals surface area contributed by atoms with Gasteiger partial charge in [0.25, 0.3) is 5.92 Å². The number of alkyl halides is 2. The van der Waals surface area contributed by atoms with Crippen molar-refractivity contribution >= 4 is 41.0 Å². The number of fused-ring (bicyclic) bond motifs is 3. The molecular formula is C31H40ClF3N4O5. The van der Waals surface area contributed by atoms with Crippen LogP contribution in [-0.2, 0) is 23.9 Å². The molecule has 3 saturated heterocycles. The first-order chi connectivity index (χ1) is 20.8. The topological polar surface area (TPSA) is 117 Å². The predicted octanol–water partition coefficient (Wildman–Crippen LogP) is 4.61. The Balaban J connectivity index is 1.65. The summed E-state index contributed by atoms with van der Waals surface area (Å²) >= 11 is 6.14. The zero-order chi connectivity index (χ0) is 32.2. The molecule has 2 bridgehead atoms. The average molecular weight is 641 g/mol. The quantitative estimate of drug-likeness (QED) is 0.227. The van der Waals surface area contributed by atoms with Gasteiger partial charge < -0.3 is 25.6 Å². The zero-order valence-corrected chi connectivity index (χ0v) is 25.8. The Morgan fingerprint density at radius 3 is 2.59 bits per heavy atom. The molecule has 1 aromatic rings. The number of nitrogens with zero attached hydrogens (tertiary/aromatic N) is 1. The molecule has 1 aromatic carbocycles. The van der Waals surface area contributed by atoms with Gasteiger partial charge in [0, 0.05) is 35.6 Å². The summed E-state index contributed by atoms with van der Waals surface area (Å²) in [5.41, 5.74) is 0.569. The van der Waals surface area contributed by atoms with Crippen LogP contribution < -0.4 is 16.0 Å². The van der Waals surface area contributed by atoms with Crippen molar-refractivity contribution in [1.29, 1.82) is 0 Å². The molecule has 1 aliphatic carbocycles. The van der Waals surface area contributed by atoms with E-state index in [-0.39, 0.29) is 31.3 Å².